The highest BCUT2D eigenvalue weighted by molar-refractivity contribution is 6.49. The molecule has 1 N–H and O–H groups in total. The summed E-state index contributed by atoms with van der Waals surface area (Å²) in [5.41, 5.74) is 4.08. The minimum atomic E-state index is -0.523. The number of nitrogens with zero attached hydrogens (tertiary/aromatic N) is 2. The summed E-state index contributed by atoms with van der Waals surface area (Å²) in [6.45, 7) is 3.88. The molecular formula is C22H22ClN3O3. The molecular weight excluding hydrogens is 390 g/mol. The van der Waals surface area contributed by atoms with Crippen molar-refractivity contribution in [2.45, 2.75) is 20.3 Å². The lowest BCUT2D eigenvalue weighted by molar-refractivity contribution is -0.112. The quantitative estimate of drug-likeness (QED) is 0.733. The van der Waals surface area contributed by atoms with Gasteiger partial charge in [0.2, 0.25) is 5.78 Å². The maximum absolute atomic E-state index is 12.6. The van der Waals surface area contributed by atoms with Crippen LogP contribution in [0.2, 0.25) is 0 Å². The van der Waals surface area contributed by atoms with Gasteiger partial charge in [0.15, 0.2) is 5.76 Å². The van der Waals surface area contributed by atoms with E-state index in [9.17, 15) is 9.59 Å². The molecule has 0 aliphatic heterocycles. The number of hydrogen-bond acceptors (Lipinski definition) is 5. The topological polar surface area (TPSA) is 74.9 Å². The molecule has 6 nitrogen and oxygen atoms in total. The van der Waals surface area contributed by atoms with Crippen molar-refractivity contribution in [3.05, 3.63) is 70.3 Å². The molecule has 7 heteroatoms. The van der Waals surface area contributed by atoms with Gasteiger partial charge in [-0.2, -0.15) is 0 Å². The van der Waals surface area contributed by atoms with Gasteiger partial charge in [-0.25, -0.2) is 4.99 Å². The Morgan fingerprint density at radius 1 is 1.28 bits per heavy atom. The van der Waals surface area contributed by atoms with Crippen molar-refractivity contribution in [1.82, 2.24) is 5.32 Å². The Hall–Kier alpha value is -3.12. The van der Waals surface area contributed by atoms with E-state index in [0.29, 0.717) is 17.7 Å². The number of furan rings is 1. The fourth-order valence-corrected chi connectivity index (χ4v) is 3.28. The number of anilines is 1. The van der Waals surface area contributed by atoms with E-state index < -0.39 is 11.7 Å². The van der Waals surface area contributed by atoms with Crippen molar-refractivity contribution in [2.75, 3.05) is 19.0 Å². The minimum absolute atomic E-state index is 0.0612. The average Bonchev–Trinajstić information content (AvgIpc) is 3.22. The molecule has 0 saturated heterocycles. The number of nitrogens with one attached hydrogen (secondary N) is 1. The summed E-state index contributed by atoms with van der Waals surface area (Å²) < 4.78 is 5.08. The normalized spacial score (nSPS) is 15.6. The molecule has 0 atom stereocenters. The lowest BCUT2D eigenvalue weighted by atomic mass is 9.97. The predicted octanol–water partition coefficient (Wildman–Crippen LogP) is 4.53. The monoisotopic (exact) mass is 411 g/mol. The largest absolute Gasteiger partial charge is 0.459 e. The van der Waals surface area contributed by atoms with Crippen LogP contribution in [0.3, 0.4) is 0 Å². The van der Waals surface area contributed by atoms with E-state index in [1.165, 1.54) is 12.3 Å². The third-order valence-electron chi connectivity index (χ3n) is 4.58. The highest BCUT2D eigenvalue weighted by atomic mass is 35.5. The summed E-state index contributed by atoms with van der Waals surface area (Å²) in [6.07, 6.45) is 3.49. The van der Waals surface area contributed by atoms with Crippen LogP contribution in [-0.2, 0) is 4.79 Å². The number of carbonyl (C=O) groups is 2. The van der Waals surface area contributed by atoms with E-state index in [2.05, 4.69) is 5.32 Å². The fraction of sp³-hybridized carbons (Fsp3) is 0.227. The third-order valence-corrected chi connectivity index (χ3v) is 4.98. The summed E-state index contributed by atoms with van der Waals surface area (Å²) in [5, 5.41) is 2.63. The number of benzene rings is 1. The van der Waals surface area contributed by atoms with Gasteiger partial charge >= 0.3 is 0 Å². The molecule has 1 amide bonds. The first kappa shape index (κ1) is 20.6. The molecule has 1 aromatic heterocycles. The number of aryl methyl sites for hydroxylation is 1. The van der Waals surface area contributed by atoms with Crippen molar-refractivity contribution in [1.29, 1.82) is 0 Å². The molecule has 29 heavy (non-hydrogen) atoms. The molecule has 1 aliphatic rings. The molecule has 0 fully saturated rings. The van der Waals surface area contributed by atoms with Gasteiger partial charge in [-0.15, -0.1) is 0 Å². The number of amides is 1. The van der Waals surface area contributed by atoms with Crippen molar-refractivity contribution in [3.63, 3.8) is 0 Å². The van der Waals surface area contributed by atoms with Crippen LogP contribution in [-0.4, -0.2) is 31.5 Å². The SMILES string of the molecule is CCC1=C(Cl)C(=O)C(NC(=O)c2ccco2)=C/C1=N\c1ccc(N(C)C)cc1C. The van der Waals surface area contributed by atoms with E-state index in [4.69, 9.17) is 21.0 Å². The molecule has 1 aliphatic carbocycles. The van der Waals surface area contributed by atoms with Gasteiger partial charge in [0, 0.05) is 25.4 Å². The number of ketones is 1. The molecule has 150 valence electrons. The van der Waals surface area contributed by atoms with E-state index in [1.807, 2.05) is 51.0 Å². The second-order valence-electron chi connectivity index (χ2n) is 6.83. The minimum Gasteiger partial charge on any atom is -0.459 e. The number of carbonyl (C=O) groups excluding carboxylic acids is 2. The molecule has 1 aromatic carbocycles. The Morgan fingerprint density at radius 2 is 2.03 bits per heavy atom. The third kappa shape index (κ3) is 4.32. The van der Waals surface area contributed by atoms with Crippen LogP contribution in [0.4, 0.5) is 11.4 Å². The van der Waals surface area contributed by atoms with Crippen LogP contribution in [0, 0.1) is 6.92 Å². The maximum Gasteiger partial charge on any atom is 0.291 e. The van der Waals surface area contributed by atoms with E-state index in [1.54, 1.807) is 12.1 Å². The van der Waals surface area contributed by atoms with E-state index in [-0.39, 0.29) is 16.5 Å². The smallest absolute Gasteiger partial charge is 0.291 e. The zero-order valence-electron chi connectivity index (χ0n) is 16.7. The first-order valence-electron chi connectivity index (χ1n) is 9.18. The van der Waals surface area contributed by atoms with Crippen LogP contribution in [0.5, 0.6) is 0 Å². The Balaban J connectivity index is 2.00. The Labute approximate surface area is 174 Å². The van der Waals surface area contributed by atoms with Crippen molar-refractivity contribution >= 4 is 40.4 Å². The predicted molar refractivity (Wildman–Crippen MR) is 115 cm³/mol. The fourth-order valence-electron chi connectivity index (χ4n) is 2.95. The number of halogens is 1. The Kier molecular flexibility index (Phi) is 6.03. The van der Waals surface area contributed by atoms with Crippen molar-refractivity contribution in [3.8, 4) is 0 Å². The molecule has 0 saturated carbocycles. The summed E-state index contributed by atoms with van der Waals surface area (Å²) in [7, 11) is 3.95. The van der Waals surface area contributed by atoms with E-state index in [0.717, 1.165) is 16.9 Å². The van der Waals surface area contributed by atoms with Crippen LogP contribution >= 0.6 is 11.6 Å². The maximum atomic E-state index is 12.6. The standard InChI is InChI=1S/C22H22ClN3O3/c1-5-15-17(24-16-9-8-14(26(3)4)11-13(16)2)12-18(21(27)20(15)23)25-22(28)19-7-6-10-29-19/h6-12H,5H2,1-4H3,(H,25,28)/b24-17+. The molecule has 1 heterocycles. The zero-order chi connectivity index (χ0) is 21.1. The molecule has 3 rings (SSSR count). The van der Waals surface area contributed by atoms with Crippen LogP contribution < -0.4 is 10.2 Å². The molecule has 0 spiro atoms. The molecule has 0 bridgehead atoms. The highest BCUT2D eigenvalue weighted by Gasteiger charge is 2.27. The van der Waals surface area contributed by atoms with Crippen LogP contribution in [0.25, 0.3) is 0 Å². The molecule has 0 unspecified atom stereocenters. The number of rotatable bonds is 5. The van der Waals surface area contributed by atoms with Crippen LogP contribution in [0.15, 0.2) is 68.4 Å². The number of hydrogen-bond donors (Lipinski definition) is 1. The van der Waals surface area contributed by atoms with Gasteiger partial charge in [0.05, 0.1) is 28.4 Å². The average molecular weight is 412 g/mol. The summed E-state index contributed by atoms with van der Waals surface area (Å²) in [5.74, 6) is -0.861. The summed E-state index contributed by atoms with van der Waals surface area (Å²) >= 11 is 6.33. The Morgan fingerprint density at radius 3 is 2.62 bits per heavy atom. The number of aliphatic imine (C=N–C) groups is 1. The van der Waals surface area contributed by atoms with Gasteiger partial charge in [0.1, 0.15) is 0 Å². The number of Topliss-reactive ketones (excluding diaryl/α,β-unsaturated/α-hetero) is 1. The van der Waals surface area contributed by atoms with Crippen LogP contribution in [0.1, 0.15) is 29.5 Å². The van der Waals surface area contributed by atoms with Crippen molar-refractivity contribution in [2.24, 2.45) is 4.99 Å². The zero-order valence-corrected chi connectivity index (χ0v) is 17.5. The summed E-state index contributed by atoms with van der Waals surface area (Å²) in [4.78, 5) is 31.7. The van der Waals surface area contributed by atoms with Gasteiger partial charge in [0.25, 0.3) is 5.91 Å². The van der Waals surface area contributed by atoms with Gasteiger partial charge in [-0.3, -0.25) is 9.59 Å². The second-order valence-corrected chi connectivity index (χ2v) is 7.20. The highest BCUT2D eigenvalue weighted by Crippen LogP contribution is 2.29. The lowest BCUT2D eigenvalue weighted by Gasteiger charge is -2.18. The first-order chi connectivity index (χ1) is 13.8. The first-order valence-corrected chi connectivity index (χ1v) is 9.56. The second kappa shape index (κ2) is 8.49. The van der Waals surface area contributed by atoms with Gasteiger partial charge in [-0.05, 0) is 55.3 Å². The molecule has 2 aromatic rings. The lowest BCUT2D eigenvalue weighted by Crippen LogP contribution is -2.31. The Bertz CT molecular complexity index is 1050. The van der Waals surface area contributed by atoms with E-state index >= 15 is 0 Å². The van der Waals surface area contributed by atoms with Gasteiger partial charge < -0.3 is 14.6 Å². The number of allylic oxidation sites excluding steroid dienone is 3. The summed E-state index contributed by atoms with van der Waals surface area (Å²) in [6, 6.07) is 9.04. The van der Waals surface area contributed by atoms with Gasteiger partial charge in [-0.1, -0.05) is 18.5 Å². The molecule has 0 radical (unpaired) electrons. The van der Waals surface area contributed by atoms with Crippen molar-refractivity contribution < 1.29 is 14.0 Å².